The van der Waals surface area contributed by atoms with Gasteiger partial charge in [-0.2, -0.15) is 0 Å². The van der Waals surface area contributed by atoms with Gasteiger partial charge in [-0.05, 0) is 145 Å². The smallest absolute Gasteiger partial charge is 0.333 e. The maximum absolute atomic E-state index is 6.83. The average Bonchev–Trinajstić information content (AvgIpc) is 4.07. The number of rotatable bonds is 1. The van der Waals surface area contributed by atoms with Gasteiger partial charge in [0.05, 0.1) is 11.0 Å². The predicted octanol–water partition coefficient (Wildman–Crippen LogP) is 17.5. The van der Waals surface area contributed by atoms with Gasteiger partial charge in [-0.25, -0.2) is 0 Å². The summed E-state index contributed by atoms with van der Waals surface area (Å²) in [6, 6.07) is 50.2. The Morgan fingerprint density at radius 1 is 0.542 bits per heavy atom. The van der Waals surface area contributed by atoms with Gasteiger partial charge in [0, 0.05) is 81.4 Å². The van der Waals surface area contributed by atoms with Crippen molar-refractivity contribution in [2.45, 2.75) is 123 Å². The topological polar surface area (TPSA) is 21.3 Å². The molecule has 0 fully saturated rings. The van der Waals surface area contributed by atoms with Crippen LogP contribution < -0.4 is 15.7 Å². The Morgan fingerprint density at radius 2 is 1.18 bits per heavy atom. The third-order valence-corrected chi connectivity index (χ3v) is 19.5. The SMILES string of the molecule is CC(C)(C)c1ccc(N2B3c4cc5c(cc4-n4c6ccc(C(C)(C)C)cc6c6c7c(sc8ccccc87)c(c3c64)-c3cc4c(cc32)-c2cc3c(cc2C4(C)C)C(C)(C)CCC3(C)C)oc2ccccc25)cc1. The molecule has 0 bridgehead atoms. The Labute approximate surface area is 427 Å². The van der Waals surface area contributed by atoms with E-state index in [2.05, 4.69) is 220 Å². The van der Waals surface area contributed by atoms with Gasteiger partial charge in [-0.15, -0.1) is 11.3 Å². The molecule has 4 aliphatic rings. The number of para-hydroxylation sites is 1. The Hall–Kier alpha value is -6.56. The van der Waals surface area contributed by atoms with Crippen molar-refractivity contribution in [2.75, 3.05) is 4.81 Å². The fourth-order valence-corrected chi connectivity index (χ4v) is 15.4. The molecule has 3 nitrogen and oxygen atoms in total. The lowest BCUT2D eigenvalue weighted by molar-refractivity contribution is 0.331. The van der Waals surface area contributed by atoms with E-state index < -0.39 is 0 Å². The monoisotopic (exact) mass is 952 g/mol. The molecule has 0 N–H and O–H groups in total. The number of anilines is 2. The largest absolute Gasteiger partial charge is 0.456 e. The van der Waals surface area contributed by atoms with Crippen LogP contribution in [0.15, 0.2) is 132 Å². The van der Waals surface area contributed by atoms with Gasteiger partial charge in [0.2, 0.25) is 0 Å². The van der Waals surface area contributed by atoms with E-state index in [9.17, 15) is 0 Å². The van der Waals surface area contributed by atoms with E-state index in [1.165, 1.54) is 138 Å². The lowest BCUT2D eigenvalue weighted by Crippen LogP contribution is -2.60. The second-order valence-electron chi connectivity index (χ2n) is 26.0. The van der Waals surface area contributed by atoms with Crippen LogP contribution in [0.4, 0.5) is 11.4 Å². The van der Waals surface area contributed by atoms with Crippen LogP contribution in [0.3, 0.4) is 0 Å². The number of benzene rings is 8. The standard InChI is InChI=1S/C67H61BN2OS/c1-63(2,3)36-21-24-38(25-22-36)70-52-33-42-41-30-48-49(66(9,10)28-27-65(48,7)8)34-47(41)67(11,12)46(42)31-45(52)59-60-61-57(58-40-18-14-16-20-56(40)72-62(58)59)44-29-37(64(4,5)6)23-26-51(44)69(61)53-35-55-43(32-50(53)68(60)70)39-17-13-15-19-54(39)71-55/h13-26,29-35H,27-28H2,1-12H3. The van der Waals surface area contributed by atoms with E-state index in [0.29, 0.717) is 0 Å². The first kappa shape index (κ1) is 43.1. The van der Waals surface area contributed by atoms with E-state index >= 15 is 0 Å². The normalized spacial score (nSPS) is 17.1. The van der Waals surface area contributed by atoms with Crippen LogP contribution in [0.2, 0.25) is 0 Å². The molecule has 0 unspecified atom stereocenters. The molecule has 2 aliphatic heterocycles. The summed E-state index contributed by atoms with van der Waals surface area (Å²) in [5.41, 5.74) is 24.9. The van der Waals surface area contributed by atoms with Crippen LogP contribution in [0.5, 0.6) is 0 Å². The van der Waals surface area contributed by atoms with E-state index in [1.54, 1.807) is 0 Å². The van der Waals surface area contributed by atoms with Crippen LogP contribution in [-0.4, -0.2) is 11.4 Å². The van der Waals surface area contributed by atoms with E-state index in [1.807, 2.05) is 11.3 Å². The minimum Gasteiger partial charge on any atom is -0.456 e. The van der Waals surface area contributed by atoms with E-state index in [0.717, 1.165) is 21.9 Å². The number of fused-ring (bicyclic) bond motifs is 20. The van der Waals surface area contributed by atoms with Crippen molar-refractivity contribution in [1.82, 2.24) is 4.57 Å². The molecule has 0 saturated carbocycles. The summed E-state index contributed by atoms with van der Waals surface area (Å²) in [5, 5.41) is 7.70. The summed E-state index contributed by atoms with van der Waals surface area (Å²) in [6.07, 6.45) is 2.39. The third-order valence-electron chi connectivity index (χ3n) is 18.3. The molecule has 5 heteroatoms. The fourth-order valence-electron chi connectivity index (χ4n) is 14.1. The molecule has 0 spiro atoms. The van der Waals surface area contributed by atoms with Gasteiger partial charge in [-0.3, -0.25) is 0 Å². The van der Waals surface area contributed by atoms with Crippen LogP contribution >= 0.6 is 11.3 Å². The fraction of sp³-hybridized carbons (Fsp3) is 0.284. The molecule has 15 rings (SSSR count). The molecule has 72 heavy (non-hydrogen) atoms. The first-order valence-electron chi connectivity index (χ1n) is 26.4. The molecule has 11 aromatic rings. The third kappa shape index (κ3) is 5.43. The minimum absolute atomic E-state index is 0.0136. The number of aromatic nitrogens is 1. The summed E-state index contributed by atoms with van der Waals surface area (Å²) in [7, 11) is 0. The summed E-state index contributed by atoms with van der Waals surface area (Å²) >= 11 is 1.99. The quantitative estimate of drug-likeness (QED) is 0.153. The number of furan rings is 1. The van der Waals surface area contributed by atoms with Gasteiger partial charge in [-0.1, -0.05) is 150 Å². The lowest BCUT2D eigenvalue weighted by atomic mass is 9.43. The summed E-state index contributed by atoms with van der Waals surface area (Å²) in [4.78, 5) is 2.76. The molecule has 5 heterocycles. The van der Waals surface area contributed by atoms with Gasteiger partial charge < -0.3 is 13.8 Å². The molecule has 0 amide bonds. The van der Waals surface area contributed by atoms with Crippen molar-refractivity contribution in [1.29, 1.82) is 0 Å². The number of nitrogens with zero attached hydrogens (tertiary/aromatic N) is 2. The highest BCUT2D eigenvalue weighted by molar-refractivity contribution is 7.27. The Balaban J connectivity index is 1.15. The highest BCUT2D eigenvalue weighted by Crippen LogP contribution is 2.59. The van der Waals surface area contributed by atoms with Gasteiger partial charge in [0.1, 0.15) is 11.2 Å². The maximum Gasteiger partial charge on any atom is 0.333 e. The maximum atomic E-state index is 6.83. The van der Waals surface area contributed by atoms with Gasteiger partial charge >= 0.3 is 6.85 Å². The van der Waals surface area contributed by atoms with Gasteiger partial charge in [0.25, 0.3) is 0 Å². The Morgan fingerprint density at radius 3 is 1.92 bits per heavy atom. The minimum atomic E-state index is -0.207. The molecule has 354 valence electrons. The predicted molar refractivity (Wildman–Crippen MR) is 310 cm³/mol. The zero-order valence-corrected chi connectivity index (χ0v) is 44.6. The van der Waals surface area contributed by atoms with Gasteiger partial charge in [0.15, 0.2) is 0 Å². The Bertz CT molecular complexity index is 4270. The zero-order chi connectivity index (χ0) is 49.5. The number of hydrogen-bond donors (Lipinski definition) is 0. The second kappa shape index (κ2) is 13.5. The van der Waals surface area contributed by atoms with Crippen molar-refractivity contribution in [3.05, 3.63) is 161 Å². The zero-order valence-electron chi connectivity index (χ0n) is 43.8. The molecule has 3 aromatic heterocycles. The molecule has 8 aromatic carbocycles. The first-order valence-corrected chi connectivity index (χ1v) is 27.2. The van der Waals surface area contributed by atoms with Crippen molar-refractivity contribution in [3.8, 4) is 27.9 Å². The Kier molecular flexibility index (Phi) is 8.10. The van der Waals surface area contributed by atoms with Crippen molar-refractivity contribution in [3.63, 3.8) is 0 Å². The highest BCUT2D eigenvalue weighted by Gasteiger charge is 2.49. The van der Waals surface area contributed by atoms with Crippen LogP contribution in [-0.2, 0) is 27.1 Å². The van der Waals surface area contributed by atoms with Crippen molar-refractivity contribution in [2.24, 2.45) is 0 Å². The molecule has 0 radical (unpaired) electrons. The van der Waals surface area contributed by atoms with Crippen molar-refractivity contribution >= 4 is 104 Å². The van der Waals surface area contributed by atoms with Crippen LogP contribution in [0.25, 0.3) is 91.9 Å². The van der Waals surface area contributed by atoms with Crippen molar-refractivity contribution < 1.29 is 4.42 Å². The molecule has 0 atom stereocenters. The molecular formula is C67H61BN2OS. The summed E-state index contributed by atoms with van der Waals surface area (Å²) in [5.74, 6) is 0. The summed E-state index contributed by atoms with van der Waals surface area (Å²) < 4.78 is 12.2. The molecular weight excluding hydrogens is 892 g/mol. The van der Waals surface area contributed by atoms with E-state index in [4.69, 9.17) is 4.42 Å². The average molecular weight is 953 g/mol. The first-order chi connectivity index (χ1) is 34.2. The lowest BCUT2D eigenvalue weighted by Gasteiger charge is -2.43. The van der Waals surface area contributed by atoms with E-state index in [-0.39, 0.29) is 33.9 Å². The number of thiophene rings is 1. The summed E-state index contributed by atoms with van der Waals surface area (Å²) in [6.45, 7) is 28.8. The second-order valence-corrected chi connectivity index (χ2v) is 27.0. The van der Waals surface area contributed by atoms with Crippen LogP contribution in [0.1, 0.15) is 129 Å². The highest BCUT2D eigenvalue weighted by atomic mass is 32.1. The van der Waals surface area contributed by atoms with Crippen LogP contribution in [0, 0.1) is 0 Å². The molecule has 0 saturated heterocycles. The molecule has 2 aliphatic carbocycles. The number of hydrogen-bond acceptors (Lipinski definition) is 3.